The minimum absolute atomic E-state index is 0.0397. The van der Waals surface area contributed by atoms with Crippen LogP contribution < -0.4 is 0 Å². The highest BCUT2D eigenvalue weighted by molar-refractivity contribution is 5.41. The highest BCUT2D eigenvalue weighted by Gasteiger charge is 2.42. The van der Waals surface area contributed by atoms with Crippen molar-refractivity contribution in [1.82, 2.24) is 0 Å². The Kier molecular flexibility index (Phi) is 4.18. The smallest absolute Gasteiger partial charge is 0.0628 e. The standard InChI is InChI=1S/C23H22O/c1-4-10-19(11-5-1)16-22-17-23(18-24-22,20-12-6-2-7-13-20)21-14-8-3-9-15-21/h1-15,22H,16-18H2. The molecule has 1 saturated heterocycles. The summed E-state index contributed by atoms with van der Waals surface area (Å²) >= 11 is 0. The third-order valence-corrected chi connectivity index (χ3v) is 5.10. The Hall–Kier alpha value is -2.38. The molecule has 1 unspecified atom stereocenters. The molecular weight excluding hydrogens is 292 g/mol. The lowest BCUT2D eigenvalue weighted by Crippen LogP contribution is -2.28. The van der Waals surface area contributed by atoms with Crippen molar-refractivity contribution >= 4 is 0 Å². The van der Waals surface area contributed by atoms with Crippen molar-refractivity contribution in [2.24, 2.45) is 0 Å². The molecule has 3 aromatic rings. The van der Waals surface area contributed by atoms with Gasteiger partial charge in [0, 0.05) is 5.41 Å². The number of hydrogen-bond acceptors (Lipinski definition) is 1. The lowest BCUT2D eigenvalue weighted by atomic mass is 9.72. The fraction of sp³-hybridized carbons (Fsp3) is 0.217. The largest absolute Gasteiger partial charge is 0.377 e. The molecule has 1 nitrogen and oxygen atoms in total. The van der Waals surface area contributed by atoms with Gasteiger partial charge < -0.3 is 4.74 Å². The summed E-state index contributed by atoms with van der Waals surface area (Å²) < 4.78 is 6.28. The van der Waals surface area contributed by atoms with Crippen LogP contribution in [0.15, 0.2) is 91.0 Å². The van der Waals surface area contributed by atoms with Gasteiger partial charge in [-0.1, -0.05) is 91.0 Å². The number of rotatable bonds is 4. The number of hydrogen-bond donors (Lipinski definition) is 0. The molecule has 0 amide bonds. The molecule has 1 heteroatoms. The quantitative estimate of drug-likeness (QED) is 0.658. The van der Waals surface area contributed by atoms with E-state index in [9.17, 15) is 0 Å². The van der Waals surface area contributed by atoms with Crippen LogP contribution in [0.4, 0.5) is 0 Å². The third kappa shape index (κ3) is 2.88. The number of benzene rings is 3. The molecule has 0 bridgehead atoms. The van der Waals surface area contributed by atoms with Crippen LogP contribution >= 0.6 is 0 Å². The third-order valence-electron chi connectivity index (χ3n) is 5.10. The van der Waals surface area contributed by atoms with Crippen LogP contribution in [0.5, 0.6) is 0 Å². The SMILES string of the molecule is c1ccc(CC2CC(c3ccccc3)(c3ccccc3)CO2)cc1. The van der Waals surface area contributed by atoms with Crippen molar-refractivity contribution in [2.75, 3.05) is 6.61 Å². The molecule has 0 aliphatic carbocycles. The van der Waals surface area contributed by atoms with Crippen LogP contribution in [0.3, 0.4) is 0 Å². The molecule has 0 spiro atoms. The van der Waals surface area contributed by atoms with Crippen molar-refractivity contribution in [2.45, 2.75) is 24.4 Å². The van der Waals surface area contributed by atoms with E-state index in [4.69, 9.17) is 4.74 Å². The van der Waals surface area contributed by atoms with Crippen LogP contribution in [0.25, 0.3) is 0 Å². The average Bonchev–Trinajstić information content (AvgIpc) is 3.09. The highest BCUT2D eigenvalue weighted by Crippen LogP contribution is 2.42. The van der Waals surface area contributed by atoms with E-state index >= 15 is 0 Å². The first-order valence-electron chi connectivity index (χ1n) is 8.63. The summed E-state index contributed by atoms with van der Waals surface area (Å²) in [5.41, 5.74) is 4.01. The first-order chi connectivity index (χ1) is 11.9. The van der Waals surface area contributed by atoms with Crippen molar-refractivity contribution < 1.29 is 4.74 Å². The maximum atomic E-state index is 6.28. The van der Waals surface area contributed by atoms with Gasteiger partial charge in [0.05, 0.1) is 12.7 Å². The van der Waals surface area contributed by atoms with Gasteiger partial charge in [-0.15, -0.1) is 0 Å². The maximum absolute atomic E-state index is 6.28. The van der Waals surface area contributed by atoms with Gasteiger partial charge in [0.15, 0.2) is 0 Å². The summed E-state index contributed by atoms with van der Waals surface area (Å²) in [5, 5.41) is 0. The van der Waals surface area contributed by atoms with Crippen molar-refractivity contribution in [3.05, 3.63) is 108 Å². The predicted octanol–water partition coefficient (Wildman–Crippen LogP) is 5.00. The lowest BCUT2D eigenvalue weighted by molar-refractivity contribution is 0.106. The summed E-state index contributed by atoms with van der Waals surface area (Å²) in [5.74, 6) is 0. The zero-order valence-corrected chi connectivity index (χ0v) is 13.8. The fourth-order valence-electron chi connectivity index (χ4n) is 3.86. The van der Waals surface area contributed by atoms with Crippen LogP contribution in [0.1, 0.15) is 23.1 Å². The zero-order valence-electron chi connectivity index (χ0n) is 13.8. The lowest BCUT2D eigenvalue weighted by Gasteiger charge is -2.29. The second-order valence-corrected chi connectivity index (χ2v) is 6.64. The molecule has 1 aliphatic rings. The summed E-state index contributed by atoms with van der Waals surface area (Å²) in [6.07, 6.45) is 2.26. The topological polar surface area (TPSA) is 9.23 Å². The first-order valence-corrected chi connectivity index (χ1v) is 8.63. The molecule has 0 radical (unpaired) electrons. The highest BCUT2D eigenvalue weighted by atomic mass is 16.5. The Balaban J connectivity index is 1.66. The number of ether oxygens (including phenoxy) is 1. The van der Waals surface area contributed by atoms with E-state index in [2.05, 4.69) is 91.0 Å². The van der Waals surface area contributed by atoms with E-state index in [1.807, 2.05) is 0 Å². The zero-order chi connectivity index (χ0) is 16.2. The Morgan fingerprint density at radius 3 is 1.75 bits per heavy atom. The summed E-state index contributed by atoms with van der Waals surface area (Å²) in [4.78, 5) is 0. The Labute approximate surface area is 143 Å². The van der Waals surface area contributed by atoms with Gasteiger partial charge in [0.1, 0.15) is 0 Å². The Morgan fingerprint density at radius 1 is 0.708 bits per heavy atom. The van der Waals surface area contributed by atoms with Gasteiger partial charge in [-0.05, 0) is 29.5 Å². The normalized spacial score (nSPS) is 19.2. The van der Waals surface area contributed by atoms with Gasteiger partial charge in [0.25, 0.3) is 0 Å². The fourth-order valence-corrected chi connectivity index (χ4v) is 3.86. The molecule has 0 N–H and O–H groups in total. The molecule has 120 valence electrons. The molecule has 1 atom stereocenters. The minimum Gasteiger partial charge on any atom is -0.377 e. The summed E-state index contributed by atoms with van der Waals surface area (Å²) in [6.45, 7) is 0.749. The Bertz CT molecular complexity index is 725. The second kappa shape index (κ2) is 6.62. The molecule has 1 aliphatic heterocycles. The molecular formula is C23H22O. The molecule has 4 rings (SSSR count). The first kappa shape index (κ1) is 15.2. The molecule has 1 fully saturated rings. The van der Waals surface area contributed by atoms with E-state index in [-0.39, 0.29) is 11.5 Å². The maximum Gasteiger partial charge on any atom is 0.0628 e. The van der Waals surface area contributed by atoms with Crippen molar-refractivity contribution in [3.63, 3.8) is 0 Å². The molecule has 0 saturated carbocycles. The Morgan fingerprint density at radius 2 is 1.21 bits per heavy atom. The van der Waals surface area contributed by atoms with Gasteiger partial charge in [-0.2, -0.15) is 0 Å². The molecule has 3 aromatic carbocycles. The van der Waals surface area contributed by atoms with Crippen LogP contribution in [-0.2, 0) is 16.6 Å². The van der Waals surface area contributed by atoms with E-state index in [1.165, 1.54) is 16.7 Å². The minimum atomic E-state index is -0.0397. The van der Waals surface area contributed by atoms with Crippen LogP contribution in [0, 0.1) is 0 Å². The predicted molar refractivity (Wildman–Crippen MR) is 98.2 cm³/mol. The van der Waals surface area contributed by atoms with E-state index in [1.54, 1.807) is 0 Å². The van der Waals surface area contributed by atoms with E-state index in [0.29, 0.717) is 0 Å². The molecule has 0 aromatic heterocycles. The summed E-state index contributed by atoms with van der Waals surface area (Å²) in [7, 11) is 0. The average molecular weight is 314 g/mol. The van der Waals surface area contributed by atoms with E-state index < -0.39 is 0 Å². The van der Waals surface area contributed by atoms with Gasteiger partial charge in [-0.3, -0.25) is 0 Å². The summed E-state index contributed by atoms with van der Waals surface area (Å²) in [6, 6.07) is 32.3. The second-order valence-electron chi connectivity index (χ2n) is 6.64. The van der Waals surface area contributed by atoms with Crippen molar-refractivity contribution in [1.29, 1.82) is 0 Å². The molecule has 24 heavy (non-hydrogen) atoms. The monoisotopic (exact) mass is 314 g/mol. The van der Waals surface area contributed by atoms with Crippen LogP contribution in [-0.4, -0.2) is 12.7 Å². The van der Waals surface area contributed by atoms with E-state index in [0.717, 1.165) is 19.4 Å². The van der Waals surface area contributed by atoms with Gasteiger partial charge >= 0.3 is 0 Å². The molecule has 1 heterocycles. The van der Waals surface area contributed by atoms with Crippen LogP contribution in [0.2, 0.25) is 0 Å². The van der Waals surface area contributed by atoms with Gasteiger partial charge in [0.2, 0.25) is 0 Å². The van der Waals surface area contributed by atoms with Crippen molar-refractivity contribution in [3.8, 4) is 0 Å². The van der Waals surface area contributed by atoms with Gasteiger partial charge in [-0.25, -0.2) is 0 Å².